The Hall–Kier alpha value is -1.88. The van der Waals surface area contributed by atoms with E-state index in [0.717, 1.165) is 4.47 Å². The van der Waals surface area contributed by atoms with E-state index in [9.17, 15) is 9.90 Å². The van der Waals surface area contributed by atoms with Crippen molar-refractivity contribution >= 4 is 27.5 Å². The maximum Gasteiger partial charge on any atom is 0.257 e. The second-order valence-corrected chi connectivity index (χ2v) is 4.31. The number of aromatic nitrogens is 1. The highest BCUT2D eigenvalue weighted by molar-refractivity contribution is 9.10. The fraction of sp³-hybridized carbons (Fsp3) is 0. The average Bonchev–Trinajstić information content (AvgIpc) is 2.29. The topological polar surface area (TPSA) is 62.2 Å². The maximum atomic E-state index is 11.8. The summed E-state index contributed by atoms with van der Waals surface area (Å²) in [4.78, 5) is 15.7. The van der Waals surface area contributed by atoms with E-state index < -0.39 is 0 Å². The van der Waals surface area contributed by atoms with Gasteiger partial charge in [-0.1, -0.05) is 6.07 Å². The molecule has 0 saturated carbocycles. The molecule has 17 heavy (non-hydrogen) atoms. The first-order valence-electron chi connectivity index (χ1n) is 4.86. The Kier molecular flexibility index (Phi) is 3.39. The zero-order chi connectivity index (χ0) is 12.3. The number of aromatic hydroxyl groups is 1. The van der Waals surface area contributed by atoms with E-state index in [-0.39, 0.29) is 11.7 Å². The van der Waals surface area contributed by atoms with Crippen molar-refractivity contribution in [2.75, 3.05) is 5.32 Å². The Bertz CT molecular complexity index is 558. The van der Waals surface area contributed by atoms with Crippen molar-refractivity contribution in [3.8, 4) is 5.75 Å². The van der Waals surface area contributed by atoms with Gasteiger partial charge in [-0.25, -0.2) is 0 Å². The molecule has 0 atom stereocenters. The SMILES string of the molecule is O=C(Nc1cccc(O)c1)c1cncc(Br)c1. The Labute approximate surface area is 106 Å². The molecule has 0 unspecified atom stereocenters. The second-order valence-electron chi connectivity index (χ2n) is 3.40. The number of pyridine rings is 1. The summed E-state index contributed by atoms with van der Waals surface area (Å²) in [5, 5.41) is 11.9. The zero-order valence-corrected chi connectivity index (χ0v) is 10.3. The fourth-order valence-electron chi connectivity index (χ4n) is 1.32. The molecule has 0 radical (unpaired) electrons. The first-order valence-corrected chi connectivity index (χ1v) is 5.65. The number of hydrogen-bond donors (Lipinski definition) is 2. The van der Waals surface area contributed by atoms with E-state index in [1.165, 1.54) is 18.3 Å². The molecule has 0 aliphatic rings. The van der Waals surface area contributed by atoms with Gasteiger partial charge >= 0.3 is 0 Å². The molecule has 0 bridgehead atoms. The predicted molar refractivity (Wildman–Crippen MR) is 68.0 cm³/mol. The summed E-state index contributed by atoms with van der Waals surface area (Å²) in [7, 11) is 0. The van der Waals surface area contributed by atoms with Crippen molar-refractivity contribution < 1.29 is 9.90 Å². The van der Waals surface area contributed by atoms with Gasteiger partial charge in [-0.15, -0.1) is 0 Å². The average molecular weight is 293 g/mol. The molecule has 2 rings (SSSR count). The summed E-state index contributed by atoms with van der Waals surface area (Å²) in [6, 6.07) is 8.04. The van der Waals surface area contributed by atoms with E-state index in [1.54, 1.807) is 24.4 Å². The lowest BCUT2D eigenvalue weighted by Gasteiger charge is -2.05. The number of nitrogens with one attached hydrogen (secondary N) is 1. The number of carbonyl (C=O) groups is 1. The zero-order valence-electron chi connectivity index (χ0n) is 8.72. The minimum absolute atomic E-state index is 0.107. The smallest absolute Gasteiger partial charge is 0.257 e. The third-order valence-electron chi connectivity index (χ3n) is 2.07. The lowest BCUT2D eigenvalue weighted by atomic mass is 10.2. The molecule has 0 saturated heterocycles. The molecule has 5 heteroatoms. The fourth-order valence-corrected chi connectivity index (χ4v) is 1.69. The number of phenolic OH excluding ortho intramolecular Hbond substituents is 1. The Balaban J connectivity index is 2.17. The highest BCUT2D eigenvalue weighted by Gasteiger charge is 2.07. The Morgan fingerprint density at radius 1 is 1.29 bits per heavy atom. The molecule has 0 aliphatic carbocycles. The van der Waals surface area contributed by atoms with Crippen LogP contribution < -0.4 is 5.32 Å². The molecular weight excluding hydrogens is 284 g/mol. The van der Waals surface area contributed by atoms with Crippen molar-refractivity contribution in [2.24, 2.45) is 0 Å². The summed E-state index contributed by atoms with van der Waals surface area (Å²) >= 11 is 3.24. The van der Waals surface area contributed by atoms with Gasteiger partial charge in [-0.05, 0) is 34.1 Å². The van der Waals surface area contributed by atoms with Crippen LogP contribution in [0.5, 0.6) is 5.75 Å². The van der Waals surface area contributed by atoms with E-state index in [4.69, 9.17) is 0 Å². The molecule has 86 valence electrons. The van der Waals surface area contributed by atoms with Crippen LogP contribution in [0.3, 0.4) is 0 Å². The molecule has 1 amide bonds. The molecule has 1 heterocycles. The van der Waals surface area contributed by atoms with Gasteiger partial charge < -0.3 is 10.4 Å². The van der Waals surface area contributed by atoms with Crippen molar-refractivity contribution in [2.45, 2.75) is 0 Å². The second kappa shape index (κ2) is 4.97. The summed E-state index contributed by atoms with van der Waals surface area (Å²) in [5.74, 6) is -0.167. The van der Waals surface area contributed by atoms with Crippen LogP contribution in [0.4, 0.5) is 5.69 Å². The van der Waals surface area contributed by atoms with Crippen LogP contribution in [-0.2, 0) is 0 Å². The summed E-state index contributed by atoms with van der Waals surface area (Å²) in [5.41, 5.74) is 0.984. The van der Waals surface area contributed by atoms with Crippen LogP contribution >= 0.6 is 15.9 Å². The van der Waals surface area contributed by atoms with Crippen LogP contribution in [0, 0.1) is 0 Å². The van der Waals surface area contributed by atoms with Gasteiger partial charge in [-0.2, -0.15) is 0 Å². The summed E-state index contributed by atoms with van der Waals surface area (Å²) < 4.78 is 0.737. The number of nitrogens with zero attached hydrogens (tertiary/aromatic N) is 1. The molecule has 2 N–H and O–H groups in total. The number of benzene rings is 1. The maximum absolute atomic E-state index is 11.8. The molecule has 0 aliphatic heterocycles. The van der Waals surface area contributed by atoms with Gasteiger partial charge in [0.2, 0.25) is 0 Å². The lowest BCUT2D eigenvalue weighted by molar-refractivity contribution is 0.102. The number of halogens is 1. The van der Waals surface area contributed by atoms with E-state index in [1.807, 2.05) is 0 Å². The monoisotopic (exact) mass is 292 g/mol. The normalized spacial score (nSPS) is 9.94. The third-order valence-corrected chi connectivity index (χ3v) is 2.50. The van der Waals surface area contributed by atoms with Crippen LogP contribution in [0.1, 0.15) is 10.4 Å². The third kappa shape index (κ3) is 3.04. The highest BCUT2D eigenvalue weighted by atomic mass is 79.9. The van der Waals surface area contributed by atoms with Gasteiger partial charge in [0.05, 0.1) is 5.56 Å². The number of anilines is 1. The highest BCUT2D eigenvalue weighted by Crippen LogP contribution is 2.17. The molecule has 1 aromatic carbocycles. The van der Waals surface area contributed by atoms with Crippen LogP contribution in [0.15, 0.2) is 47.2 Å². The molecule has 2 aromatic rings. The molecule has 0 spiro atoms. The Morgan fingerprint density at radius 3 is 2.82 bits per heavy atom. The summed E-state index contributed by atoms with van der Waals surface area (Å²) in [6.07, 6.45) is 3.08. The predicted octanol–water partition coefficient (Wildman–Crippen LogP) is 2.80. The van der Waals surface area contributed by atoms with Gasteiger partial charge in [0.1, 0.15) is 5.75 Å². The van der Waals surface area contributed by atoms with Gasteiger partial charge in [0.15, 0.2) is 0 Å². The van der Waals surface area contributed by atoms with Gasteiger partial charge in [0, 0.05) is 28.6 Å². The van der Waals surface area contributed by atoms with Gasteiger partial charge in [0.25, 0.3) is 5.91 Å². The van der Waals surface area contributed by atoms with Crippen molar-refractivity contribution in [3.05, 3.63) is 52.8 Å². The lowest BCUT2D eigenvalue weighted by Crippen LogP contribution is -2.11. The largest absolute Gasteiger partial charge is 0.508 e. The molecule has 4 nitrogen and oxygen atoms in total. The number of rotatable bonds is 2. The standard InChI is InChI=1S/C12H9BrN2O2/c13-9-4-8(6-14-7-9)12(17)15-10-2-1-3-11(16)5-10/h1-7,16H,(H,15,17). The van der Waals surface area contributed by atoms with E-state index >= 15 is 0 Å². The number of hydrogen-bond acceptors (Lipinski definition) is 3. The van der Waals surface area contributed by atoms with Crippen LogP contribution in [0.2, 0.25) is 0 Å². The van der Waals surface area contributed by atoms with Crippen LogP contribution in [-0.4, -0.2) is 16.0 Å². The van der Waals surface area contributed by atoms with Crippen molar-refractivity contribution in [1.82, 2.24) is 4.98 Å². The van der Waals surface area contributed by atoms with E-state index in [0.29, 0.717) is 11.3 Å². The number of amides is 1. The van der Waals surface area contributed by atoms with Crippen molar-refractivity contribution in [1.29, 1.82) is 0 Å². The quantitative estimate of drug-likeness (QED) is 0.895. The number of carbonyl (C=O) groups excluding carboxylic acids is 1. The Morgan fingerprint density at radius 2 is 2.12 bits per heavy atom. The summed E-state index contributed by atoms with van der Waals surface area (Å²) in [6.45, 7) is 0. The molecule has 1 aromatic heterocycles. The first kappa shape index (κ1) is 11.6. The molecular formula is C12H9BrN2O2. The minimum atomic E-state index is -0.274. The van der Waals surface area contributed by atoms with Crippen LogP contribution in [0.25, 0.3) is 0 Å². The van der Waals surface area contributed by atoms with E-state index in [2.05, 4.69) is 26.2 Å². The minimum Gasteiger partial charge on any atom is -0.508 e. The first-order chi connectivity index (χ1) is 8.15. The van der Waals surface area contributed by atoms with Gasteiger partial charge in [-0.3, -0.25) is 9.78 Å². The molecule has 0 fully saturated rings. The van der Waals surface area contributed by atoms with Crippen molar-refractivity contribution in [3.63, 3.8) is 0 Å². The number of phenols is 1.